The average Bonchev–Trinajstić information content (AvgIpc) is 3.18. The molecule has 3 rings (SSSR count). The predicted molar refractivity (Wildman–Crippen MR) is 90.7 cm³/mol. The quantitative estimate of drug-likeness (QED) is 0.888. The number of carbonyl (C=O) groups is 3. The molecule has 2 aliphatic rings. The Hall–Kier alpha value is -2.41. The number of nitrogens with zero attached hydrogens (tertiary/aromatic N) is 2. The van der Waals surface area contributed by atoms with Gasteiger partial charge in [0.15, 0.2) is 5.54 Å². The molecule has 0 saturated carbocycles. The summed E-state index contributed by atoms with van der Waals surface area (Å²) in [6.45, 7) is 2.49. The van der Waals surface area contributed by atoms with E-state index in [2.05, 4.69) is 0 Å². The van der Waals surface area contributed by atoms with Gasteiger partial charge in [-0.25, -0.2) is 4.79 Å². The van der Waals surface area contributed by atoms with Gasteiger partial charge in [-0.15, -0.1) is 0 Å². The standard InChI is InChI=1S/C18H22N2O5/c1-12(21)19-9-6-13-10-14(4-5-15(13)19)16(22)20-8-3-7-18(20,11-25-2)17(23)24/h4-5,10H,3,6-9,11H2,1-2H3,(H,23,24). The number of carboxylic acids is 1. The van der Waals surface area contributed by atoms with Crippen LogP contribution >= 0.6 is 0 Å². The fraction of sp³-hybridized carbons (Fsp3) is 0.500. The van der Waals surface area contributed by atoms with Gasteiger partial charge in [0.25, 0.3) is 5.91 Å². The maximum atomic E-state index is 13.0. The minimum Gasteiger partial charge on any atom is -0.479 e. The van der Waals surface area contributed by atoms with E-state index in [1.54, 1.807) is 23.1 Å². The number of anilines is 1. The van der Waals surface area contributed by atoms with Crippen LogP contribution in [0.2, 0.25) is 0 Å². The molecule has 0 bridgehead atoms. The molecule has 0 aliphatic carbocycles. The molecule has 7 heteroatoms. The van der Waals surface area contributed by atoms with Crippen LogP contribution in [0.4, 0.5) is 5.69 Å². The number of aliphatic carboxylic acids is 1. The van der Waals surface area contributed by atoms with Crippen LogP contribution < -0.4 is 4.90 Å². The van der Waals surface area contributed by atoms with E-state index in [0.29, 0.717) is 37.9 Å². The first kappa shape index (κ1) is 17.4. The molecule has 134 valence electrons. The number of amides is 2. The zero-order valence-corrected chi connectivity index (χ0v) is 14.4. The lowest BCUT2D eigenvalue weighted by Crippen LogP contribution is -2.56. The molecule has 1 atom stereocenters. The van der Waals surface area contributed by atoms with Crippen molar-refractivity contribution in [2.75, 3.05) is 31.7 Å². The number of ether oxygens (including phenoxy) is 1. The Balaban J connectivity index is 1.91. The number of carbonyl (C=O) groups excluding carboxylic acids is 2. The lowest BCUT2D eigenvalue weighted by Gasteiger charge is -2.34. The van der Waals surface area contributed by atoms with Crippen molar-refractivity contribution in [2.24, 2.45) is 0 Å². The van der Waals surface area contributed by atoms with Crippen LogP contribution in [0.1, 0.15) is 35.7 Å². The van der Waals surface area contributed by atoms with E-state index in [9.17, 15) is 19.5 Å². The van der Waals surface area contributed by atoms with Gasteiger partial charge in [-0.1, -0.05) is 0 Å². The van der Waals surface area contributed by atoms with E-state index in [1.807, 2.05) is 0 Å². The van der Waals surface area contributed by atoms with Crippen molar-refractivity contribution in [3.05, 3.63) is 29.3 Å². The molecule has 1 aromatic carbocycles. The fourth-order valence-electron chi connectivity index (χ4n) is 3.87. The van der Waals surface area contributed by atoms with E-state index < -0.39 is 11.5 Å². The number of hydrogen-bond acceptors (Lipinski definition) is 4. The Morgan fingerprint density at radius 2 is 2.04 bits per heavy atom. The zero-order chi connectivity index (χ0) is 18.2. The fourth-order valence-corrected chi connectivity index (χ4v) is 3.87. The van der Waals surface area contributed by atoms with Gasteiger partial charge in [0.05, 0.1) is 6.61 Å². The number of likely N-dealkylation sites (tertiary alicyclic amines) is 1. The molecule has 2 amide bonds. The number of methoxy groups -OCH3 is 1. The van der Waals surface area contributed by atoms with Gasteiger partial charge in [-0.05, 0) is 43.0 Å². The van der Waals surface area contributed by atoms with Crippen LogP contribution in [0, 0.1) is 0 Å². The molecule has 0 spiro atoms. The monoisotopic (exact) mass is 346 g/mol. The van der Waals surface area contributed by atoms with E-state index in [-0.39, 0.29) is 18.4 Å². The van der Waals surface area contributed by atoms with Gasteiger partial charge in [-0.2, -0.15) is 0 Å². The highest BCUT2D eigenvalue weighted by Gasteiger charge is 2.50. The maximum Gasteiger partial charge on any atom is 0.332 e. The normalized spacial score (nSPS) is 22.2. The molecule has 1 saturated heterocycles. The van der Waals surface area contributed by atoms with Gasteiger partial charge in [0.1, 0.15) is 0 Å². The Morgan fingerprint density at radius 1 is 1.28 bits per heavy atom. The second-order valence-corrected chi connectivity index (χ2v) is 6.59. The third-order valence-corrected chi connectivity index (χ3v) is 5.12. The summed E-state index contributed by atoms with van der Waals surface area (Å²) in [5.41, 5.74) is 0.906. The van der Waals surface area contributed by atoms with Crippen molar-refractivity contribution in [1.29, 1.82) is 0 Å². The molecule has 1 N–H and O–H groups in total. The third-order valence-electron chi connectivity index (χ3n) is 5.12. The molecule has 2 heterocycles. The molecule has 2 aliphatic heterocycles. The summed E-state index contributed by atoms with van der Waals surface area (Å²) in [7, 11) is 1.44. The summed E-state index contributed by atoms with van der Waals surface area (Å²) < 4.78 is 5.10. The number of fused-ring (bicyclic) bond motifs is 1. The van der Waals surface area contributed by atoms with E-state index in [0.717, 1.165) is 11.3 Å². The van der Waals surface area contributed by atoms with Gasteiger partial charge >= 0.3 is 5.97 Å². The van der Waals surface area contributed by atoms with Crippen LogP contribution in [-0.4, -0.2) is 60.1 Å². The lowest BCUT2D eigenvalue weighted by atomic mass is 9.96. The maximum absolute atomic E-state index is 13.0. The van der Waals surface area contributed by atoms with Crippen molar-refractivity contribution in [3.8, 4) is 0 Å². The highest BCUT2D eigenvalue weighted by atomic mass is 16.5. The summed E-state index contributed by atoms with van der Waals surface area (Å²) in [6, 6.07) is 5.21. The predicted octanol–water partition coefficient (Wildman–Crippen LogP) is 1.30. The van der Waals surface area contributed by atoms with Gasteiger partial charge in [-0.3, -0.25) is 9.59 Å². The SMILES string of the molecule is COCC1(C(=O)O)CCCN1C(=O)c1ccc2c(c1)CCN2C(C)=O. The molecule has 1 unspecified atom stereocenters. The molecular formula is C18H22N2O5. The highest BCUT2D eigenvalue weighted by molar-refractivity contribution is 6.00. The Bertz CT molecular complexity index is 732. The first-order valence-corrected chi connectivity index (χ1v) is 8.36. The van der Waals surface area contributed by atoms with Crippen LogP contribution in [0.3, 0.4) is 0 Å². The zero-order valence-electron chi connectivity index (χ0n) is 14.4. The number of hydrogen-bond donors (Lipinski definition) is 1. The van der Waals surface area contributed by atoms with Gasteiger partial charge in [0.2, 0.25) is 5.91 Å². The van der Waals surface area contributed by atoms with Crippen molar-refractivity contribution >= 4 is 23.5 Å². The van der Waals surface area contributed by atoms with Crippen LogP contribution in [-0.2, 0) is 20.7 Å². The number of benzene rings is 1. The molecule has 0 aromatic heterocycles. The lowest BCUT2D eigenvalue weighted by molar-refractivity contribution is -0.151. The summed E-state index contributed by atoms with van der Waals surface area (Å²) in [6.07, 6.45) is 1.70. The van der Waals surface area contributed by atoms with Gasteiger partial charge < -0.3 is 19.6 Å². The van der Waals surface area contributed by atoms with E-state index in [4.69, 9.17) is 4.74 Å². The molecule has 1 fully saturated rings. The minimum atomic E-state index is -1.31. The topological polar surface area (TPSA) is 87.2 Å². The molecule has 25 heavy (non-hydrogen) atoms. The largest absolute Gasteiger partial charge is 0.479 e. The van der Waals surface area contributed by atoms with Crippen molar-refractivity contribution < 1.29 is 24.2 Å². The second kappa shape index (κ2) is 6.48. The van der Waals surface area contributed by atoms with E-state index >= 15 is 0 Å². The average molecular weight is 346 g/mol. The Labute approximate surface area is 146 Å². The number of carboxylic acid groups (broad SMARTS) is 1. The van der Waals surface area contributed by atoms with Crippen LogP contribution in [0.25, 0.3) is 0 Å². The Kier molecular flexibility index (Phi) is 4.51. The smallest absolute Gasteiger partial charge is 0.332 e. The second-order valence-electron chi connectivity index (χ2n) is 6.59. The molecule has 1 aromatic rings. The number of rotatable bonds is 4. The summed E-state index contributed by atoms with van der Waals surface area (Å²) >= 11 is 0. The first-order chi connectivity index (χ1) is 11.9. The summed E-state index contributed by atoms with van der Waals surface area (Å²) in [4.78, 5) is 39.6. The Morgan fingerprint density at radius 3 is 2.68 bits per heavy atom. The molecular weight excluding hydrogens is 324 g/mol. The summed E-state index contributed by atoms with van der Waals surface area (Å²) in [5.74, 6) is -1.37. The minimum absolute atomic E-state index is 0.0256. The van der Waals surface area contributed by atoms with Crippen molar-refractivity contribution in [1.82, 2.24) is 4.90 Å². The van der Waals surface area contributed by atoms with Crippen molar-refractivity contribution in [2.45, 2.75) is 31.7 Å². The van der Waals surface area contributed by atoms with Crippen LogP contribution in [0.15, 0.2) is 18.2 Å². The highest BCUT2D eigenvalue weighted by Crippen LogP contribution is 2.34. The van der Waals surface area contributed by atoms with E-state index in [1.165, 1.54) is 18.9 Å². The van der Waals surface area contributed by atoms with Crippen molar-refractivity contribution in [3.63, 3.8) is 0 Å². The summed E-state index contributed by atoms with van der Waals surface area (Å²) in [5, 5.41) is 9.69. The molecule has 7 nitrogen and oxygen atoms in total. The molecule has 0 radical (unpaired) electrons. The third kappa shape index (κ3) is 2.78. The van der Waals surface area contributed by atoms with Gasteiger partial charge in [0, 0.05) is 38.4 Å². The van der Waals surface area contributed by atoms with Crippen LogP contribution in [0.5, 0.6) is 0 Å². The first-order valence-electron chi connectivity index (χ1n) is 8.36.